The molecule has 1 aromatic heterocycles. The van der Waals surface area contributed by atoms with E-state index >= 15 is 0 Å². The van der Waals surface area contributed by atoms with E-state index in [9.17, 15) is 5.11 Å². The Hall–Kier alpha value is -1.87. The van der Waals surface area contributed by atoms with Crippen LogP contribution in [0.25, 0.3) is 0 Å². The number of rotatable bonds is 2. The molecule has 0 bridgehead atoms. The second kappa shape index (κ2) is 5.02. The average molecular weight is 254 g/mol. The Labute approximate surface area is 113 Å². The summed E-state index contributed by atoms with van der Waals surface area (Å²) in [4.78, 5) is 6.77. The van der Waals surface area contributed by atoms with Gasteiger partial charge in [0.05, 0.1) is 6.61 Å². The molecule has 0 spiro atoms. The fourth-order valence-corrected chi connectivity index (χ4v) is 2.60. The van der Waals surface area contributed by atoms with Gasteiger partial charge in [0.1, 0.15) is 5.82 Å². The highest BCUT2D eigenvalue weighted by Gasteiger charge is 2.17. The number of fused-ring (bicyclic) bond motifs is 1. The van der Waals surface area contributed by atoms with Gasteiger partial charge in [0.2, 0.25) is 0 Å². The molecular formula is C16H18N2O. The Morgan fingerprint density at radius 1 is 1.26 bits per heavy atom. The zero-order chi connectivity index (χ0) is 13.2. The van der Waals surface area contributed by atoms with Gasteiger partial charge >= 0.3 is 0 Å². The SMILES string of the molecule is Cc1cc(N2CCc3ccccc3C2)ncc1CO. The van der Waals surface area contributed by atoms with Gasteiger partial charge in [-0.2, -0.15) is 0 Å². The van der Waals surface area contributed by atoms with Crippen molar-refractivity contribution >= 4 is 5.82 Å². The highest BCUT2D eigenvalue weighted by atomic mass is 16.3. The number of aromatic nitrogens is 1. The van der Waals surface area contributed by atoms with E-state index in [0.717, 1.165) is 36.5 Å². The maximum atomic E-state index is 9.20. The van der Waals surface area contributed by atoms with Gasteiger partial charge in [-0.3, -0.25) is 0 Å². The summed E-state index contributed by atoms with van der Waals surface area (Å²) in [7, 11) is 0. The quantitative estimate of drug-likeness (QED) is 0.894. The first-order chi connectivity index (χ1) is 9.28. The Morgan fingerprint density at radius 2 is 2.05 bits per heavy atom. The zero-order valence-corrected chi connectivity index (χ0v) is 11.1. The number of aliphatic hydroxyl groups excluding tert-OH is 1. The second-order valence-corrected chi connectivity index (χ2v) is 5.07. The first kappa shape index (κ1) is 12.2. The van der Waals surface area contributed by atoms with Crippen LogP contribution in [0.2, 0.25) is 0 Å². The van der Waals surface area contributed by atoms with E-state index in [4.69, 9.17) is 0 Å². The van der Waals surface area contributed by atoms with E-state index in [-0.39, 0.29) is 6.61 Å². The Morgan fingerprint density at radius 3 is 2.79 bits per heavy atom. The molecule has 1 aliphatic rings. The van der Waals surface area contributed by atoms with Gasteiger partial charge in [0.15, 0.2) is 0 Å². The third-order valence-corrected chi connectivity index (χ3v) is 3.83. The van der Waals surface area contributed by atoms with Crippen molar-refractivity contribution in [2.75, 3.05) is 11.4 Å². The molecule has 0 fully saturated rings. The number of aliphatic hydroxyl groups is 1. The predicted octanol–water partition coefficient (Wildman–Crippen LogP) is 2.45. The molecule has 2 aromatic rings. The molecule has 3 rings (SSSR count). The molecule has 19 heavy (non-hydrogen) atoms. The Kier molecular flexibility index (Phi) is 3.22. The van der Waals surface area contributed by atoms with E-state index in [1.54, 1.807) is 6.20 Å². The molecular weight excluding hydrogens is 236 g/mol. The van der Waals surface area contributed by atoms with Crippen LogP contribution in [0.4, 0.5) is 5.82 Å². The fraction of sp³-hybridized carbons (Fsp3) is 0.312. The van der Waals surface area contributed by atoms with Gasteiger partial charge < -0.3 is 10.0 Å². The van der Waals surface area contributed by atoms with E-state index in [2.05, 4.69) is 40.2 Å². The number of hydrogen-bond donors (Lipinski definition) is 1. The molecule has 3 heteroatoms. The lowest BCUT2D eigenvalue weighted by molar-refractivity contribution is 0.280. The molecule has 0 amide bonds. The summed E-state index contributed by atoms with van der Waals surface area (Å²) in [6, 6.07) is 10.7. The molecule has 0 unspecified atom stereocenters. The summed E-state index contributed by atoms with van der Waals surface area (Å²) < 4.78 is 0. The first-order valence-corrected chi connectivity index (χ1v) is 6.66. The number of pyridine rings is 1. The van der Waals surface area contributed by atoms with Gasteiger partial charge in [0, 0.05) is 19.3 Å². The standard InChI is InChI=1S/C16H18N2O/c1-12-8-16(17-9-15(12)11-19)18-7-6-13-4-2-3-5-14(13)10-18/h2-5,8-9,19H,6-7,10-11H2,1H3. The van der Waals surface area contributed by atoms with Crippen LogP contribution in [-0.4, -0.2) is 16.6 Å². The van der Waals surface area contributed by atoms with Gasteiger partial charge in [-0.1, -0.05) is 24.3 Å². The molecule has 0 saturated heterocycles. The summed E-state index contributed by atoms with van der Waals surface area (Å²) >= 11 is 0. The zero-order valence-electron chi connectivity index (χ0n) is 11.1. The minimum absolute atomic E-state index is 0.0575. The normalized spacial score (nSPS) is 14.3. The van der Waals surface area contributed by atoms with Crippen molar-refractivity contribution in [2.45, 2.75) is 26.5 Å². The van der Waals surface area contributed by atoms with Crippen LogP contribution < -0.4 is 4.90 Å². The van der Waals surface area contributed by atoms with Crippen molar-refractivity contribution < 1.29 is 5.11 Å². The van der Waals surface area contributed by atoms with Crippen LogP contribution in [0.1, 0.15) is 22.3 Å². The molecule has 1 aliphatic heterocycles. The average Bonchev–Trinajstić information content (AvgIpc) is 2.46. The fourth-order valence-electron chi connectivity index (χ4n) is 2.60. The lowest BCUT2D eigenvalue weighted by Gasteiger charge is -2.30. The Bertz CT molecular complexity index is 595. The molecule has 98 valence electrons. The molecule has 0 saturated carbocycles. The van der Waals surface area contributed by atoms with Gasteiger partial charge in [-0.25, -0.2) is 4.98 Å². The number of benzene rings is 1. The van der Waals surface area contributed by atoms with Crippen LogP contribution in [0.15, 0.2) is 36.5 Å². The van der Waals surface area contributed by atoms with E-state index in [1.165, 1.54) is 11.1 Å². The van der Waals surface area contributed by atoms with Crippen molar-refractivity contribution in [3.05, 3.63) is 58.8 Å². The summed E-state index contributed by atoms with van der Waals surface area (Å²) in [5, 5.41) is 9.20. The van der Waals surface area contributed by atoms with Gasteiger partial charge in [-0.15, -0.1) is 0 Å². The molecule has 0 atom stereocenters. The van der Waals surface area contributed by atoms with Crippen molar-refractivity contribution in [1.82, 2.24) is 4.98 Å². The maximum Gasteiger partial charge on any atom is 0.129 e. The highest BCUT2D eigenvalue weighted by Crippen LogP contribution is 2.24. The third kappa shape index (κ3) is 2.34. The van der Waals surface area contributed by atoms with Crippen molar-refractivity contribution in [3.8, 4) is 0 Å². The molecule has 0 radical (unpaired) electrons. The van der Waals surface area contributed by atoms with Crippen LogP contribution >= 0.6 is 0 Å². The summed E-state index contributed by atoms with van der Waals surface area (Å²) in [6.45, 7) is 4.00. The molecule has 2 heterocycles. The van der Waals surface area contributed by atoms with Crippen molar-refractivity contribution in [3.63, 3.8) is 0 Å². The number of anilines is 1. The molecule has 3 nitrogen and oxygen atoms in total. The van der Waals surface area contributed by atoms with Crippen LogP contribution in [0.3, 0.4) is 0 Å². The predicted molar refractivity (Wildman–Crippen MR) is 76.1 cm³/mol. The van der Waals surface area contributed by atoms with Crippen molar-refractivity contribution in [1.29, 1.82) is 0 Å². The third-order valence-electron chi connectivity index (χ3n) is 3.83. The van der Waals surface area contributed by atoms with Crippen LogP contribution in [0, 0.1) is 6.92 Å². The number of nitrogens with zero attached hydrogens (tertiary/aromatic N) is 2. The van der Waals surface area contributed by atoms with Crippen LogP contribution in [0.5, 0.6) is 0 Å². The van der Waals surface area contributed by atoms with E-state index in [0.29, 0.717) is 0 Å². The lowest BCUT2D eigenvalue weighted by Crippen LogP contribution is -2.31. The van der Waals surface area contributed by atoms with Crippen LogP contribution in [-0.2, 0) is 19.6 Å². The minimum Gasteiger partial charge on any atom is -0.392 e. The second-order valence-electron chi connectivity index (χ2n) is 5.07. The lowest BCUT2D eigenvalue weighted by atomic mass is 10.00. The number of aryl methyl sites for hydroxylation is 1. The topological polar surface area (TPSA) is 36.4 Å². The van der Waals surface area contributed by atoms with Gasteiger partial charge in [0.25, 0.3) is 0 Å². The van der Waals surface area contributed by atoms with E-state index in [1.807, 2.05) is 6.92 Å². The minimum atomic E-state index is 0.0575. The first-order valence-electron chi connectivity index (χ1n) is 6.66. The summed E-state index contributed by atoms with van der Waals surface area (Å²) in [6.07, 6.45) is 2.85. The van der Waals surface area contributed by atoms with Gasteiger partial charge in [-0.05, 0) is 41.7 Å². The highest BCUT2D eigenvalue weighted by molar-refractivity contribution is 5.46. The van der Waals surface area contributed by atoms with E-state index < -0.39 is 0 Å². The van der Waals surface area contributed by atoms with Crippen molar-refractivity contribution in [2.24, 2.45) is 0 Å². The molecule has 1 aromatic carbocycles. The monoisotopic (exact) mass is 254 g/mol. The largest absolute Gasteiger partial charge is 0.392 e. The summed E-state index contributed by atoms with van der Waals surface area (Å²) in [5.41, 5.74) is 4.84. The smallest absolute Gasteiger partial charge is 0.129 e. The molecule has 0 aliphatic carbocycles. The maximum absolute atomic E-state index is 9.20. The summed E-state index contributed by atoms with van der Waals surface area (Å²) in [5.74, 6) is 1.00. The Balaban J connectivity index is 1.87. The molecule has 1 N–H and O–H groups in total. The number of hydrogen-bond acceptors (Lipinski definition) is 3.